The first-order valence-electron chi connectivity index (χ1n) is 8.92. The highest BCUT2D eigenvalue weighted by Crippen LogP contribution is 2.44. The highest BCUT2D eigenvalue weighted by molar-refractivity contribution is 8.22. The lowest BCUT2D eigenvalue weighted by Gasteiger charge is -2.35. The van der Waals surface area contributed by atoms with Crippen LogP contribution in [0, 0.1) is 0 Å². The van der Waals surface area contributed by atoms with Crippen LogP contribution in [0.15, 0.2) is 30.3 Å². The van der Waals surface area contributed by atoms with E-state index < -0.39 is 6.10 Å². The molecule has 0 N–H and O–H groups in total. The monoisotopic (exact) mass is 436 g/mol. The van der Waals surface area contributed by atoms with Crippen LogP contribution in [0.1, 0.15) is 17.2 Å². The van der Waals surface area contributed by atoms with Gasteiger partial charge in [0.2, 0.25) is 4.38 Å². The summed E-state index contributed by atoms with van der Waals surface area (Å²) in [7, 11) is 6.44. The molecule has 0 unspecified atom stereocenters. The number of rotatable bonds is 6. The molecule has 1 aliphatic heterocycles. The first-order valence-corrected chi connectivity index (χ1v) is 10.6. The van der Waals surface area contributed by atoms with Crippen molar-refractivity contribution in [2.45, 2.75) is 18.6 Å². The van der Waals surface area contributed by atoms with Gasteiger partial charge in [-0.15, -0.1) is 0 Å². The maximum atomic E-state index is 6.38. The second-order valence-electron chi connectivity index (χ2n) is 6.27. The van der Waals surface area contributed by atoms with Crippen LogP contribution in [0.4, 0.5) is 0 Å². The Labute approximate surface area is 180 Å². The fraction of sp³-hybridized carbons (Fsp3) is 0.381. The molecule has 2 atom stereocenters. The average molecular weight is 437 g/mol. The van der Waals surface area contributed by atoms with Gasteiger partial charge in [0.1, 0.15) is 23.4 Å². The number of hydrogen-bond acceptors (Lipinski definition) is 8. The Kier molecular flexibility index (Phi) is 6.97. The Morgan fingerprint density at radius 3 is 2.31 bits per heavy atom. The maximum Gasteiger partial charge on any atom is 0.220 e. The molecule has 0 aliphatic carbocycles. The van der Waals surface area contributed by atoms with Crippen LogP contribution in [0.2, 0.25) is 0 Å². The third-order valence-electron chi connectivity index (χ3n) is 4.74. The number of ether oxygens (including phenoxy) is 6. The van der Waals surface area contributed by atoms with Gasteiger partial charge in [-0.05, 0) is 30.6 Å². The van der Waals surface area contributed by atoms with Gasteiger partial charge in [0.15, 0.2) is 17.6 Å². The molecule has 0 saturated carbocycles. The largest absolute Gasteiger partial charge is 0.496 e. The van der Waals surface area contributed by atoms with Crippen molar-refractivity contribution in [3.8, 4) is 28.7 Å². The van der Waals surface area contributed by atoms with Crippen molar-refractivity contribution in [3.05, 3.63) is 41.5 Å². The molecule has 0 spiro atoms. The predicted molar refractivity (Wildman–Crippen MR) is 117 cm³/mol. The van der Waals surface area contributed by atoms with Crippen molar-refractivity contribution in [1.29, 1.82) is 0 Å². The van der Waals surface area contributed by atoms with Crippen molar-refractivity contribution in [1.82, 2.24) is 0 Å². The molecule has 0 radical (unpaired) electrons. The Bertz CT molecular complexity index is 886. The summed E-state index contributed by atoms with van der Waals surface area (Å²) in [5, 5.41) is 0. The predicted octanol–water partition coefficient (Wildman–Crippen LogP) is 4.43. The molecule has 6 nitrogen and oxygen atoms in total. The minimum Gasteiger partial charge on any atom is -0.496 e. The molecule has 29 heavy (non-hydrogen) atoms. The molecule has 1 aliphatic rings. The summed E-state index contributed by atoms with van der Waals surface area (Å²) in [4.78, 5) is 0. The van der Waals surface area contributed by atoms with E-state index in [9.17, 15) is 0 Å². The summed E-state index contributed by atoms with van der Waals surface area (Å²) in [6.45, 7) is 0. The van der Waals surface area contributed by atoms with Crippen LogP contribution >= 0.6 is 24.0 Å². The first-order chi connectivity index (χ1) is 14.0. The van der Waals surface area contributed by atoms with Crippen LogP contribution in [0.3, 0.4) is 0 Å². The number of fused-ring (bicyclic) bond motifs is 1. The second-order valence-corrected chi connectivity index (χ2v) is 7.68. The van der Waals surface area contributed by atoms with Gasteiger partial charge < -0.3 is 28.4 Å². The van der Waals surface area contributed by atoms with E-state index in [1.807, 2.05) is 36.6 Å². The van der Waals surface area contributed by atoms with Gasteiger partial charge in [-0.2, -0.15) is 0 Å². The van der Waals surface area contributed by atoms with Crippen LogP contribution in [-0.4, -0.2) is 45.2 Å². The molecule has 8 heteroatoms. The second kappa shape index (κ2) is 9.45. The molecular weight excluding hydrogens is 412 g/mol. The molecule has 2 aromatic carbocycles. The van der Waals surface area contributed by atoms with E-state index in [1.54, 1.807) is 28.4 Å². The normalized spacial score (nSPS) is 17.6. The van der Waals surface area contributed by atoms with Crippen LogP contribution in [0.5, 0.6) is 28.7 Å². The van der Waals surface area contributed by atoms with Crippen molar-refractivity contribution in [2.24, 2.45) is 0 Å². The lowest BCUT2D eigenvalue weighted by atomic mass is 9.93. The third-order valence-corrected chi connectivity index (χ3v) is 5.77. The van der Waals surface area contributed by atoms with E-state index in [2.05, 4.69) is 0 Å². The number of thioether (sulfide) groups is 1. The molecule has 2 aromatic rings. The molecule has 0 aromatic heterocycles. The maximum absolute atomic E-state index is 6.38. The Morgan fingerprint density at radius 1 is 0.966 bits per heavy atom. The van der Waals surface area contributed by atoms with E-state index >= 15 is 0 Å². The Hall–Kier alpha value is -2.32. The topological polar surface area (TPSA) is 55.4 Å². The summed E-state index contributed by atoms with van der Waals surface area (Å²) in [5.74, 6) is 3.30. The molecule has 0 fully saturated rings. The van der Waals surface area contributed by atoms with Crippen molar-refractivity contribution in [3.63, 3.8) is 0 Å². The first kappa shape index (κ1) is 21.4. The third kappa shape index (κ3) is 4.48. The number of methoxy groups -OCH3 is 4. The van der Waals surface area contributed by atoms with E-state index in [4.69, 9.17) is 40.6 Å². The zero-order valence-electron chi connectivity index (χ0n) is 17.0. The quantitative estimate of drug-likeness (QED) is 0.617. The van der Waals surface area contributed by atoms with Crippen molar-refractivity contribution in [2.75, 3.05) is 34.7 Å². The van der Waals surface area contributed by atoms with Crippen LogP contribution in [-0.2, 0) is 11.2 Å². The van der Waals surface area contributed by atoms with E-state index in [0.717, 1.165) is 11.1 Å². The molecule has 156 valence electrons. The zero-order chi connectivity index (χ0) is 21.0. The van der Waals surface area contributed by atoms with Gasteiger partial charge in [0.25, 0.3) is 0 Å². The van der Waals surface area contributed by atoms with Gasteiger partial charge in [-0.1, -0.05) is 17.8 Å². The summed E-state index contributed by atoms with van der Waals surface area (Å²) < 4.78 is 34.6. The molecule has 0 amide bonds. The SMILES string of the molecule is COc1cc(OC)c2c(c1)O[C@@H](c1ccc(OC)c(OC)c1)[C@@H](OC(=S)SC)C2. The van der Waals surface area contributed by atoms with Gasteiger partial charge in [0.05, 0.1) is 28.4 Å². The number of benzene rings is 2. The smallest absolute Gasteiger partial charge is 0.220 e. The highest BCUT2D eigenvalue weighted by atomic mass is 32.2. The number of thiocarbonyl (C=S) groups is 1. The summed E-state index contributed by atoms with van der Waals surface area (Å²) in [6, 6.07) is 9.37. The van der Waals surface area contributed by atoms with Crippen LogP contribution < -0.4 is 23.7 Å². The minimum absolute atomic E-state index is 0.331. The molecule has 0 bridgehead atoms. The summed E-state index contributed by atoms with van der Waals surface area (Å²) in [5.41, 5.74) is 1.81. The summed E-state index contributed by atoms with van der Waals surface area (Å²) in [6.07, 6.45) is 1.73. The summed E-state index contributed by atoms with van der Waals surface area (Å²) >= 11 is 6.70. The molecular formula is C21H24O6S2. The van der Waals surface area contributed by atoms with Gasteiger partial charge >= 0.3 is 0 Å². The highest BCUT2D eigenvalue weighted by Gasteiger charge is 2.36. The van der Waals surface area contributed by atoms with Gasteiger partial charge in [0, 0.05) is 29.7 Å². The molecule has 1 heterocycles. The van der Waals surface area contributed by atoms with Gasteiger partial charge in [-0.25, -0.2) is 0 Å². The van der Waals surface area contributed by atoms with E-state index in [-0.39, 0.29) is 6.10 Å². The number of hydrogen-bond donors (Lipinski definition) is 0. The van der Waals surface area contributed by atoms with E-state index in [1.165, 1.54) is 11.8 Å². The minimum atomic E-state index is -0.399. The lowest BCUT2D eigenvalue weighted by Crippen LogP contribution is -2.34. The lowest BCUT2D eigenvalue weighted by molar-refractivity contribution is 0.0336. The fourth-order valence-corrected chi connectivity index (χ4v) is 3.65. The fourth-order valence-electron chi connectivity index (χ4n) is 3.31. The Balaban J connectivity index is 2.05. The zero-order valence-corrected chi connectivity index (χ0v) is 18.6. The Morgan fingerprint density at radius 2 is 1.69 bits per heavy atom. The van der Waals surface area contributed by atoms with Crippen LogP contribution in [0.25, 0.3) is 0 Å². The standard InChI is InChI=1S/C21H24O6S2/c1-22-13-9-16(24-3)14-11-19(27-21(28)29-5)20(26-17(14)10-13)12-6-7-15(23-2)18(8-12)25-4/h6-10,19-20H,11H2,1-5H3/t19-,20-/m0/s1. The molecule has 0 saturated heterocycles. The van der Waals surface area contributed by atoms with Crippen molar-refractivity contribution >= 4 is 28.4 Å². The van der Waals surface area contributed by atoms with Crippen molar-refractivity contribution < 1.29 is 28.4 Å². The molecule has 3 rings (SSSR count). The van der Waals surface area contributed by atoms with E-state index in [0.29, 0.717) is 39.6 Å². The average Bonchev–Trinajstić information content (AvgIpc) is 2.77. The van der Waals surface area contributed by atoms with Gasteiger partial charge in [-0.3, -0.25) is 0 Å².